The van der Waals surface area contributed by atoms with Crippen molar-refractivity contribution in [1.82, 2.24) is 116 Å². The monoisotopic (exact) mass is 2310 g/mol. The molecule has 14 heterocycles. The number of guanidine groups is 2. The fourth-order valence-electron chi connectivity index (χ4n) is 30.2. The summed E-state index contributed by atoms with van der Waals surface area (Å²) < 4.78 is 313. The van der Waals surface area contributed by atoms with Gasteiger partial charge in [-0.1, -0.05) is 87.4 Å². The van der Waals surface area contributed by atoms with E-state index in [0.717, 1.165) is 103 Å². The fourth-order valence-corrected chi connectivity index (χ4v) is 45.3. The van der Waals surface area contributed by atoms with Gasteiger partial charge in [0.15, 0.2) is 0 Å². The predicted octanol–water partition coefficient (Wildman–Crippen LogP) is -7.31. The zero-order valence-corrected chi connectivity index (χ0v) is 85.5. The molecule has 22 rings (SSSR count). The van der Waals surface area contributed by atoms with Crippen molar-refractivity contribution in [3.05, 3.63) is 0 Å². The van der Waals surface area contributed by atoms with Crippen molar-refractivity contribution in [2.75, 3.05) is 26.2 Å². The number of sulfonamides is 2. The topological polar surface area (TPSA) is 726 Å². The molecule has 44 unspecified atom stereocenters. The van der Waals surface area contributed by atoms with Crippen LogP contribution in [0.4, 0.5) is 0 Å². The molecule has 8 saturated carbocycles. The Morgan fingerprint density at radius 1 is 0.285 bits per heavy atom. The van der Waals surface area contributed by atoms with E-state index >= 15 is 0 Å². The maximum absolute atomic E-state index is 14.8. The minimum Gasteiger partial charge on any atom is -0.748 e. The molecule has 18 fully saturated rings. The normalized spacial score (nSPS) is 49.6. The zero-order chi connectivity index (χ0) is 94.3. The van der Waals surface area contributed by atoms with E-state index in [1.165, 1.54) is 0 Å². The third-order valence-electron chi connectivity index (χ3n) is 34.8. The number of fused-ring (bicyclic) bond motifs is 48. The molecule has 20 bridgehead atoms. The first-order valence-corrected chi connectivity index (χ1v) is 60.5. The largest absolute Gasteiger partial charge is 2.00 e. The van der Waals surface area contributed by atoms with E-state index in [2.05, 4.69) is 136 Å². The molecule has 22 aliphatic rings. The van der Waals surface area contributed by atoms with E-state index < -0.39 is 278 Å². The Hall–Kier alpha value is -0.762. The average molecular weight is 2310 g/mol. The third-order valence-corrected chi connectivity index (χ3v) is 47.9. The van der Waals surface area contributed by atoms with Crippen LogP contribution in [0, 0.1) is 107 Å². The van der Waals surface area contributed by atoms with E-state index in [0.29, 0.717) is 25.7 Å². The van der Waals surface area contributed by atoms with E-state index in [4.69, 9.17) is 46.4 Å². The Balaban J connectivity index is 0.000000178. The molecule has 10 saturated heterocycles. The van der Waals surface area contributed by atoms with Gasteiger partial charge in [-0.05, 0) is 159 Å². The summed E-state index contributed by atoms with van der Waals surface area (Å²) in [5, 5.41) is 44.5. The molecular formula is C74H116Cl4Cu3N26O22S8. The first kappa shape index (κ1) is 106. The van der Waals surface area contributed by atoms with Gasteiger partial charge < -0.3 is 48.6 Å². The number of amidine groups is 2. The van der Waals surface area contributed by atoms with Crippen molar-refractivity contribution in [3.8, 4) is 0 Å². The van der Waals surface area contributed by atoms with Gasteiger partial charge >= 0.3 is 51.2 Å². The number of halogens is 4. The summed E-state index contributed by atoms with van der Waals surface area (Å²) in [7, 11) is -43.4. The van der Waals surface area contributed by atoms with Crippen LogP contribution in [0.3, 0.4) is 0 Å². The van der Waals surface area contributed by atoms with Gasteiger partial charge in [-0.2, -0.15) is 0 Å². The molecule has 22 N–H and O–H groups in total. The minimum atomic E-state index is -5.84. The van der Waals surface area contributed by atoms with Crippen molar-refractivity contribution in [3.63, 3.8) is 0 Å². The van der Waals surface area contributed by atoms with E-state index in [1.54, 1.807) is 0 Å². The molecule has 0 amide bonds. The molecule has 0 aromatic carbocycles. The second-order valence-corrected chi connectivity index (χ2v) is 56.3. The van der Waals surface area contributed by atoms with Crippen molar-refractivity contribution in [2.45, 2.75) is 292 Å². The summed E-state index contributed by atoms with van der Waals surface area (Å²) in [6.45, 7) is -1.41. The number of nitrogens with zero attached hydrogens (tertiary/aromatic N) is 4. The van der Waals surface area contributed by atoms with E-state index in [-0.39, 0.29) is 173 Å². The smallest absolute Gasteiger partial charge is 0.748 e. The molecule has 0 spiro atoms. The number of hydrogen-bond donors (Lipinski definition) is 22. The van der Waals surface area contributed by atoms with Gasteiger partial charge in [0.1, 0.15) is 10.5 Å². The molecule has 48 nitrogen and oxygen atoms in total. The SMILES string of the molecule is O=S(=O)([O-])C1CCCC2C3NC4NC(NC5NC(NC6NC(NC(N3)C21)C1C6C(S(=O)(=O)[O-])C2C(C1S(=O)(=O)[O-])S(=O)(=O)NCCN=C1NC(Cl)=NC2(Cl)N1)C1CCCCC51)C1CCCCC41.O=S(=O)([O-])C1CCCC2C3NC4NC(NC5NC(NC6NC(NC(N3)C21)C1C6C(S(=O)(=O)[O-])C2C(C1S(=O)(=O)[O-])S(=O)(=O)NCCN=C1NC(Cl)=NC2(Cl)N1)C1CCCCC51)C1CCCCC41.[Cu+2].[Cu+2].[Cu+2]. The maximum atomic E-state index is 14.8. The summed E-state index contributed by atoms with van der Waals surface area (Å²) >= 11 is 27.3. The Kier molecular flexibility index (Phi) is 30.4. The van der Waals surface area contributed by atoms with Crippen LogP contribution in [0.5, 0.6) is 0 Å². The second-order valence-electron chi connectivity index (χ2n) is 41.3. The Labute approximate surface area is 848 Å². The molecular weight excluding hydrogens is 2190 g/mol. The quantitative estimate of drug-likeness (QED) is 0.0508. The fraction of sp³-hybridized carbons (Fsp3) is 0.946. The van der Waals surface area contributed by atoms with Gasteiger partial charge in [-0.15, -0.1) is 0 Å². The van der Waals surface area contributed by atoms with Crippen molar-refractivity contribution in [2.24, 2.45) is 126 Å². The van der Waals surface area contributed by atoms with Crippen LogP contribution in [0.1, 0.15) is 141 Å². The van der Waals surface area contributed by atoms with Crippen molar-refractivity contribution in [1.29, 1.82) is 0 Å². The van der Waals surface area contributed by atoms with E-state index in [9.17, 15) is 94.7 Å². The Bertz CT molecular complexity index is 5360. The molecule has 8 aliphatic carbocycles. The Morgan fingerprint density at radius 3 is 0.737 bits per heavy atom. The first-order valence-electron chi connectivity index (χ1n) is 47.1. The van der Waals surface area contributed by atoms with Gasteiger partial charge in [0.05, 0.1) is 216 Å². The molecule has 137 heavy (non-hydrogen) atoms. The molecule has 3 radical (unpaired) electrons. The summed E-state index contributed by atoms with van der Waals surface area (Å²) in [6, 6.07) is 0. The van der Waals surface area contributed by atoms with E-state index in [1.807, 2.05) is 0 Å². The van der Waals surface area contributed by atoms with Gasteiger partial charge in [-0.3, -0.25) is 95.1 Å². The predicted molar refractivity (Wildman–Crippen MR) is 478 cm³/mol. The van der Waals surface area contributed by atoms with Gasteiger partial charge in [0.25, 0.3) is 0 Å². The maximum Gasteiger partial charge on any atom is 2.00 e. The molecule has 44 atom stereocenters. The van der Waals surface area contributed by atoms with Crippen LogP contribution >= 0.6 is 46.4 Å². The van der Waals surface area contributed by atoms with Crippen molar-refractivity contribution >= 4 is 150 Å². The molecule has 14 aliphatic heterocycles. The van der Waals surface area contributed by atoms with Crippen LogP contribution in [0.15, 0.2) is 20.0 Å². The van der Waals surface area contributed by atoms with Crippen LogP contribution in [0.25, 0.3) is 0 Å². The van der Waals surface area contributed by atoms with Crippen LogP contribution in [0.2, 0.25) is 0 Å². The summed E-state index contributed by atoms with van der Waals surface area (Å²) in [5.74, 6) is -13.8. The van der Waals surface area contributed by atoms with Gasteiger partial charge in [0, 0.05) is 48.6 Å². The van der Waals surface area contributed by atoms with Crippen LogP contribution in [-0.2, 0) is 132 Å². The van der Waals surface area contributed by atoms with Gasteiger partial charge in [-0.25, -0.2) is 86.8 Å². The molecule has 0 aromatic heterocycles. The number of aliphatic imine (C=N–C) groups is 4. The Morgan fingerprint density at radius 2 is 0.496 bits per heavy atom. The molecule has 783 valence electrons. The zero-order valence-electron chi connectivity index (χ0n) is 73.1. The average Bonchev–Trinajstić information content (AvgIpc) is 1.64. The van der Waals surface area contributed by atoms with Gasteiger partial charge in [0.2, 0.25) is 52.8 Å². The summed E-state index contributed by atoms with van der Waals surface area (Å²) in [4.78, 5) is 16.8. The number of nitrogens with one attached hydrogen (secondary N) is 22. The number of rotatable bonds is 6. The van der Waals surface area contributed by atoms with Crippen LogP contribution in [-0.4, -0.2) is 294 Å². The summed E-state index contributed by atoms with van der Waals surface area (Å²) in [6.07, 6.45) is 5.57. The molecule has 63 heteroatoms. The first-order chi connectivity index (χ1) is 63.2. The number of alkyl halides is 2. The number of hydrogen-bond acceptors (Lipinski definition) is 46. The molecule has 0 aromatic rings. The third kappa shape index (κ3) is 19.5. The minimum absolute atomic E-state index is 0. The standard InChI is InChI=1S/2C37H61Cl2N13O11S4.3Cu/c2*38-35-50-36-40-12-13-41-64(53,54)26-23(37(39,51-35)52-36)24(66(58,59)60)21-22(25(26)67(61,62)63)34-48-32-20-18(10-5-11-19(20)65(55,56)57)31(47-32)45-29-15-7-2-1-6-14(15)27(43-29)42-28-16-8-3-4-9-17(16)30(44-28)46-33(21)49-34;;;/h2*14-34,41-49H,1-13H2,(H,55,56,57)(H,58,59,60)(H,61,62,63)(H2,40,50,51,52);;;/q;;3*+2/p-6. The van der Waals surface area contributed by atoms with Crippen molar-refractivity contribution < 1.29 is 146 Å². The van der Waals surface area contributed by atoms with Crippen LogP contribution < -0.4 is 116 Å². The second kappa shape index (κ2) is 39.2. The summed E-state index contributed by atoms with van der Waals surface area (Å²) in [5.41, 5.74) is 0.